The third kappa shape index (κ3) is 6.84. The van der Waals surface area contributed by atoms with Crippen molar-refractivity contribution in [2.24, 2.45) is 16.6 Å². The average molecular weight is 152 g/mol. The van der Waals surface area contributed by atoms with Crippen LogP contribution < -0.4 is 5.73 Å². The van der Waals surface area contributed by atoms with Crippen molar-refractivity contribution in [1.29, 1.82) is 0 Å². The number of hydrogen-bond acceptors (Lipinski definition) is 2. The number of hydrogen-bond donors (Lipinski definition) is 1. The van der Waals surface area contributed by atoms with Crippen molar-refractivity contribution in [2.75, 3.05) is 0 Å². The van der Waals surface area contributed by atoms with E-state index >= 15 is 0 Å². The van der Waals surface area contributed by atoms with Gasteiger partial charge in [0.1, 0.15) is 0 Å². The molecule has 2 nitrogen and oxygen atoms in total. The van der Waals surface area contributed by atoms with Crippen molar-refractivity contribution in [3.63, 3.8) is 0 Å². The fourth-order valence-corrected chi connectivity index (χ4v) is 0.625. The molecule has 0 saturated heterocycles. The van der Waals surface area contributed by atoms with Crippen LogP contribution in [-0.2, 0) is 0 Å². The molecule has 0 aliphatic heterocycles. The Kier molecular flexibility index (Phi) is 5.17. The van der Waals surface area contributed by atoms with Gasteiger partial charge in [0, 0.05) is 11.9 Å². The first-order valence-electron chi connectivity index (χ1n) is 3.74. The van der Waals surface area contributed by atoms with E-state index in [1.165, 1.54) is 6.20 Å². The molecule has 0 saturated carbocycles. The van der Waals surface area contributed by atoms with Crippen molar-refractivity contribution in [3.8, 4) is 0 Å². The Bertz CT molecular complexity index is 166. The Morgan fingerprint density at radius 3 is 2.73 bits per heavy atom. The lowest BCUT2D eigenvalue weighted by Crippen LogP contribution is -1.91. The van der Waals surface area contributed by atoms with Crippen molar-refractivity contribution < 1.29 is 0 Å². The summed E-state index contributed by atoms with van der Waals surface area (Å²) in [6.07, 6.45) is 6.48. The lowest BCUT2D eigenvalue weighted by atomic mass is 10.1. The molecule has 0 aromatic carbocycles. The third-order valence-corrected chi connectivity index (χ3v) is 1.16. The summed E-state index contributed by atoms with van der Waals surface area (Å²) in [6, 6.07) is 0. The topological polar surface area (TPSA) is 38.4 Å². The Morgan fingerprint density at radius 2 is 2.27 bits per heavy atom. The van der Waals surface area contributed by atoms with E-state index in [2.05, 4.69) is 25.6 Å². The maximum atomic E-state index is 5.51. The van der Waals surface area contributed by atoms with Gasteiger partial charge in [-0.3, -0.25) is 4.99 Å². The monoisotopic (exact) mass is 152 g/mol. The molecule has 0 atom stereocenters. The molecule has 2 N–H and O–H groups in total. The smallest absolute Gasteiger partial charge is 0.0496 e. The molecular formula is C9H16N2. The first-order valence-corrected chi connectivity index (χ1v) is 3.74. The molecule has 11 heavy (non-hydrogen) atoms. The van der Waals surface area contributed by atoms with Gasteiger partial charge < -0.3 is 5.73 Å². The number of aliphatic imine (C=N–C) groups is 1. The standard InChI is InChI=1S/C9H16N2/c1-8(2)5-4-6-9(10)7-11-3/h4,6-8H,3,5,10H2,1-2H3/b6-4?,9-7-. The van der Waals surface area contributed by atoms with Crippen LogP contribution in [0.3, 0.4) is 0 Å². The Hall–Kier alpha value is -1.05. The highest BCUT2D eigenvalue weighted by atomic mass is 14.7. The average Bonchev–Trinajstić information content (AvgIpc) is 1.87. The quantitative estimate of drug-likeness (QED) is 0.486. The highest BCUT2D eigenvalue weighted by molar-refractivity contribution is 5.27. The van der Waals surface area contributed by atoms with Crippen LogP contribution in [0.5, 0.6) is 0 Å². The normalized spacial score (nSPS) is 12.8. The zero-order valence-corrected chi connectivity index (χ0v) is 7.25. The van der Waals surface area contributed by atoms with E-state index in [0.717, 1.165) is 6.42 Å². The number of nitrogens with zero attached hydrogens (tertiary/aromatic N) is 1. The molecule has 0 unspecified atom stereocenters. The zero-order valence-electron chi connectivity index (χ0n) is 7.25. The van der Waals surface area contributed by atoms with E-state index in [-0.39, 0.29) is 0 Å². The van der Waals surface area contributed by atoms with Crippen molar-refractivity contribution in [2.45, 2.75) is 20.3 Å². The minimum Gasteiger partial charge on any atom is -0.397 e. The van der Waals surface area contributed by atoms with Crippen molar-refractivity contribution in [3.05, 3.63) is 24.0 Å². The van der Waals surface area contributed by atoms with Gasteiger partial charge in [-0.2, -0.15) is 0 Å². The third-order valence-electron chi connectivity index (χ3n) is 1.16. The summed E-state index contributed by atoms with van der Waals surface area (Å²) in [5, 5.41) is 0. The molecule has 0 fully saturated rings. The summed E-state index contributed by atoms with van der Waals surface area (Å²) in [6.45, 7) is 7.63. The molecule has 0 bridgehead atoms. The molecule has 0 aliphatic rings. The molecule has 0 aliphatic carbocycles. The van der Waals surface area contributed by atoms with Gasteiger partial charge in [-0.1, -0.05) is 19.9 Å². The van der Waals surface area contributed by atoms with Crippen LogP contribution in [0.4, 0.5) is 0 Å². The molecule has 0 amide bonds. The second kappa shape index (κ2) is 5.71. The Morgan fingerprint density at radius 1 is 1.64 bits per heavy atom. The maximum absolute atomic E-state index is 5.51. The van der Waals surface area contributed by atoms with Gasteiger partial charge in [0.15, 0.2) is 0 Å². The molecule has 0 spiro atoms. The highest BCUT2D eigenvalue weighted by Crippen LogP contribution is 2.00. The number of rotatable bonds is 4. The molecule has 0 aromatic rings. The first kappa shape index (κ1) is 9.95. The molecule has 0 heterocycles. The van der Waals surface area contributed by atoms with Crippen LogP contribution in [0.25, 0.3) is 0 Å². The minimum absolute atomic E-state index is 0.653. The summed E-state index contributed by atoms with van der Waals surface area (Å²) in [5.74, 6) is 0.677. The molecular weight excluding hydrogens is 136 g/mol. The van der Waals surface area contributed by atoms with Gasteiger partial charge >= 0.3 is 0 Å². The van der Waals surface area contributed by atoms with Crippen LogP contribution in [0, 0.1) is 5.92 Å². The molecule has 0 rings (SSSR count). The van der Waals surface area contributed by atoms with Crippen molar-refractivity contribution >= 4 is 6.72 Å². The van der Waals surface area contributed by atoms with Crippen LogP contribution in [-0.4, -0.2) is 6.72 Å². The Labute approximate surface area is 68.5 Å². The van der Waals surface area contributed by atoms with Crippen LogP contribution >= 0.6 is 0 Å². The van der Waals surface area contributed by atoms with Gasteiger partial charge in [0.05, 0.1) is 0 Å². The van der Waals surface area contributed by atoms with Crippen LogP contribution in [0.2, 0.25) is 0 Å². The highest BCUT2D eigenvalue weighted by Gasteiger charge is 1.86. The molecule has 0 aromatic heterocycles. The summed E-state index contributed by atoms with van der Waals surface area (Å²) in [4.78, 5) is 3.55. The predicted molar refractivity (Wildman–Crippen MR) is 50.4 cm³/mol. The predicted octanol–water partition coefficient (Wildman–Crippen LogP) is 2.09. The number of nitrogens with two attached hydrogens (primary N) is 1. The van der Waals surface area contributed by atoms with Gasteiger partial charge in [-0.15, -0.1) is 0 Å². The van der Waals surface area contributed by atoms with Gasteiger partial charge in [-0.05, 0) is 25.1 Å². The summed E-state index contributed by atoms with van der Waals surface area (Å²) in [7, 11) is 0. The fourth-order valence-electron chi connectivity index (χ4n) is 0.625. The second-order valence-corrected chi connectivity index (χ2v) is 2.84. The van der Waals surface area contributed by atoms with E-state index in [1.54, 1.807) is 0 Å². The SMILES string of the molecule is C=N/C=C(\N)C=CCC(C)C. The second-order valence-electron chi connectivity index (χ2n) is 2.84. The summed E-state index contributed by atoms with van der Waals surface area (Å²) >= 11 is 0. The van der Waals surface area contributed by atoms with Crippen molar-refractivity contribution in [1.82, 2.24) is 0 Å². The summed E-state index contributed by atoms with van der Waals surface area (Å²) < 4.78 is 0. The molecule has 2 heteroatoms. The Balaban J connectivity index is 3.73. The summed E-state index contributed by atoms with van der Waals surface area (Å²) in [5.41, 5.74) is 6.16. The molecule has 0 radical (unpaired) electrons. The maximum Gasteiger partial charge on any atom is 0.0496 e. The fraction of sp³-hybridized carbons (Fsp3) is 0.444. The van der Waals surface area contributed by atoms with E-state index in [1.807, 2.05) is 12.2 Å². The lowest BCUT2D eigenvalue weighted by Gasteiger charge is -1.96. The van der Waals surface area contributed by atoms with E-state index in [9.17, 15) is 0 Å². The van der Waals surface area contributed by atoms with Gasteiger partial charge in [-0.25, -0.2) is 0 Å². The van der Waals surface area contributed by atoms with Crippen LogP contribution in [0.1, 0.15) is 20.3 Å². The molecule has 62 valence electrons. The largest absolute Gasteiger partial charge is 0.397 e. The van der Waals surface area contributed by atoms with Crippen LogP contribution in [0.15, 0.2) is 29.0 Å². The van der Waals surface area contributed by atoms with E-state index < -0.39 is 0 Å². The van der Waals surface area contributed by atoms with Gasteiger partial charge in [0.2, 0.25) is 0 Å². The lowest BCUT2D eigenvalue weighted by molar-refractivity contribution is 0.663. The zero-order chi connectivity index (χ0) is 8.69. The first-order chi connectivity index (χ1) is 5.16. The van der Waals surface area contributed by atoms with Gasteiger partial charge in [0.25, 0.3) is 0 Å². The van der Waals surface area contributed by atoms with E-state index in [0.29, 0.717) is 11.6 Å². The minimum atomic E-state index is 0.653. The van der Waals surface area contributed by atoms with E-state index in [4.69, 9.17) is 5.73 Å². The number of allylic oxidation sites excluding steroid dienone is 2.